The molecule has 0 aromatic heterocycles. The van der Waals surface area contributed by atoms with Gasteiger partial charge in [-0.25, -0.2) is 12.7 Å². The van der Waals surface area contributed by atoms with E-state index in [1.807, 2.05) is 30.3 Å². The minimum atomic E-state index is -3.51. The maximum absolute atomic E-state index is 13.0. The van der Waals surface area contributed by atoms with E-state index in [4.69, 9.17) is 9.47 Å². The lowest BCUT2D eigenvalue weighted by molar-refractivity contribution is 0.116. The molecule has 0 saturated carbocycles. The van der Waals surface area contributed by atoms with Crippen LogP contribution in [0, 0.1) is 13.8 Å². The Balaban J connectivity index is 1.78. The largest absolute Gasteiger partial charge is 0.497 e. The fourth-order valence-electron chi connectivity index (χ4n) is 3.19. The van der Waals surface area contributed by atoms with Crippen molar-refractivity contribution in [2.45, 2.75) is 44.6 Å². The highest BCUT2D eigenvalue weighted by Crippen LogP contribution is 2.27. The molecule has 0 N–H and O–H groups in total. The van der Waals surface area contributed by atoms with Crippen LogP contribution in [0.3, 0.4) is 0 Å². The summed E-state index contributed by atoms with van der Waals surface area (Å²) in [5, 5.41) is 0. The molecule has 0 bridgehead atoms. The number of unbranched alkanes of at least 4 members (excludes halogenated alkanes) is 2. The molecule has 0 fully saturated rings. The summed E-state index contributed by atoms with van der Waals surface area (Å²) >= 11 is 0. The van der Waals surface area contributed by atoms with Gasteiger partial charge in [0.1, 0.15) is 5.75 Å². The van der Waals surface area contributed by atoms with E-state index in [0.717, 1.165) is 19.3 Å². The van der Waals surface area contributed by atoms with Crippen LogP contribution in [-0.4, -0.2) is 40.0 Å². The molecule has 2 rings (SSSR count). The van der Waals surface area contributed by atoms with Gasteiger partial charge in [-0.1, -0.05) is 30.3 Å². The fourth-order valence-corrected chi connectivity index (χ4v) is 4.80. The summed E-state index contributed by atoms with van der Waals surface area (Å²) in [4.78, 5) is 0.377. The number of benzene rings is 2. The van der Waals surface area contributed by atoms with E-state index in [9.17, 15) is 8.42 Å². The molecule has 0 unspecified atom stereocenters. The smallest absolute Gasteiger partial charge is 0.243 e. The van der Waals surface area contributed by atoms with Gasteiger partial charge >= 0.3 is 0 Å². The zero-order chi connectivity index (χ0) is 20.6. The summed E-state index contributed by atoms with van der Waals surface area (Å²) in [7, 11) is -0.288. The monoisotopic (exact) mass is 405 g/mol. The lowest BCUT2D eigenvalue weighted by atomic mass is 10.1. The van der Waals surface area contributed by atoms with Crippen molar-refractivity contribution in [1.29, 1.82) is 0 Å². The van der Waals surface area contributed by atoms with Gasteiger partial charge in [0.25, 0.3) is 0 Å². The van der Waals surface area contributed by atoms with Crippen LogP contribution < -0.4 is 4.74 Å². The van der Waals surface area contributed by atoms with Crippen LogP contribution in [-0.2, 0) is 21.4 Å². The maximum Gasteiger partial charge on any atom is 0.243 e. The standard InChI is InChI=1S/C22H31NO4S/c1-18-15-21(26-4)16-19(2)22(18)28(24,25)23(3)13-9-6-10-14-27-17-20-11-7-5-8-12-20/h5,7-8,11-12,15-16H,6,9-10,13-14,17H2,1-4H3. The summed E-state index contributed by atoms with van der Waals surface area (Å²) in [6.45, 7) is 5.40. The molecule has 2 aromatic rings. The van der Waals surface area contributed by atoms with E-state index in [-0.39, 0.29) is 0 Å². The van der Waals surface area contributed by atoms with Crippen molar-refractivity contribution in [1.82, 2.24) is 4.31 Å². The van der Waals surface area contributed by atoms with Gasteiger partial charge < -0.3 is 9.47 Å². The Morgan fingerprint density at radius 2 is 1.61 bits per heavy atom. The molecule has 0 amide bonds. The molecule has 0 aliphatic heterocycles. The first kappa shape index (κ1) is 22.4. The van der Waals surface area contributed by atoms with E-state index in [1.54, 1.807) is 40.1 Å². The molecule has 154 valence electrons. The molecule has 0 spiro atoms. The maximum atomic E-state index is 13.0. The summed E-state index contributed by atoms with van der Waals surface area (Å²) in [5.74, 6) is 0.673. The second-order valence-electron chi connectivity index (χ2n) is 7.02. The van der Waals surface area contributed by atoms with Gasteiger partial charge in [0, 0.05) is 20.2 Å². The molecule has 0 aliphatic rings. The van der Waals surface area contributed by atoms with Gasteiger partial charge in [-0.15, -0.1) is 0 Å². The Labute approximate surface area is 169 Å². The molecule has 0 radical (unpaired) electrons. The summed E-state index contributed by atoms with van der Waals surface area (Å²) in [5.41, 5.74) is 2.58. The number of nitrogens with zero attached hydrogens (tertiary/aromatic N) is 1. The van der Waals surface area contributed by atoms with Crippen molar-refractivity contribution in [3.8, 4) is 5.75 Å². The highest BCUT2D eigenvalue weighted by molar-refractivity contribution is 7.89. The Morgan fingerprint density at radius 3 is 2.21 bits per heavy atom. The Morgan fingerprint density at radius 1 is 0.964 bits per heavy atom. The fraction of sp³-hybridized carbons (Fsp3) is 0.455. The number of aryl methyl sites for hydroxylation is 2. The van der Waals surface area contributed by atoms with Crippen LogP contribution >= 0.6 is 0 Å². The van der Waals surface area contributed by atoms with Gasteiger partial charge in [-0.3, -0.25) is 0 Å². The highest BCUT2D eigenvalue weighted by atomic mass is 32.2. The molecular formula is C22H31NO4S. The van der Waals surface area contributed by atoms with Gasteiger partial charge in [0.05, 0.1) is 18.6 Å². The van der Waals surface area contributed by atoms with E-state index >= 15 is 0 Å². The van der Waals surface area contributed by atoms with Crippen molar-refractivity contribution in [3.63, 3.8) is 0 Å². The van der Waals surface area contributed by atoms with Crippen molar-refractivity contribution in [2.24, 2.45) is 0 Å². The van der Waals surface area contributed by atoms with Crippen LogP contribution in [0.15, 0.2) is 47.4 Å². The molecule has 0 atom stereocenters. The van der Waals surface area contributed by atoms with Crippen molar-refractivity contribution < 1.29 is 17.9 Å². The zero-order valence-electron chi connectivity index (χ0n) is 17.3. The van der Waals surface area contributed by atoms with Crippen molar-refractivity contribution in [2.75, 3.05) is 27.3 Å². The summed E-state index contributed by atoms with van der Waals surface area (Å²) in [6.07, 6.45) is 2.65. The Bertz CT molecular complexity index is 827. The van der Waals surface area contributed by atoms with Gasteiger partial charge in [0.15, 0.2) is 0 Å². The quantitative estimate of drug-likeness (QED) is 0.523. The van der Waals surface area contributed by atoms with Crippen LogP contribution in [0.4, 0.5) is 0 Å². The molecular weight excluding hydrogens is 374 g/mol. The van der Waals surface area contributed by atoms with E-state index < -0.39 is 10.0 Å². The number of sulfonamides is 1. The minimum absolute atomic E-state index is 0.377. The molecule has 0 heterocycles. The normalized spacial score (nSPS) is 11.8. The SMILES string of the molecule is COc1cc(C)c(S(=O)(=O)N(C)CCCCCOCc2ccccc2)c(C)c1. The number of ether oxygens (including phenoxy) is 2. The average molecular weight is 406 g/mol. The third-order valence-electron chi connectivity index (χ3n) is 4.71. The highest BCUT2D eigenvalue weighted by Gasteiger charge is 2.25. The first-order valence-electron chi connectivity index (χ1n) is 9.59. The lowest BCUT2D eigenvalue weighted by Gasteiger charge is -2.20. The number of hydrogen-bond acceptors (Lipinski definition) is 4. The van der Waals surface area contributed by atoms with Crippen molar-refractivity contribution >= 4 is 10.0 Å². The van der Waals surface area contributed by atoms with E-state index in [0.29, 0.717) is 41.5 Å². The van der Waals surface area contributed by atoms with E-state index in [1.165, 1.54) is 9.87 Å². The summed E-state index contributed by atoms with van der Waals surface area (Å²) < 4.78 is 38.3. The van der Waals surface area contributed by atoms with Crippen LogP contribution in [0.2, 0.25) is 0 Å². The van der Waals surface area contributed by atoms with Gasteiger partial charge in [-0.2, -0.15) is 0 Å². The predicted molar refractivity (Wildman–Crippen MR) is 112 cm³/mol. The average Bonchev–Trinajstić information content (AvgIpc) is 2.67. The van der Waals surface area contributed by atoms with Crippen molar-refractivity contribution in [3.05, 3.63) is 59.2 Å². The Kier molecular flexibility index (Phi) is 8.48. The van der Waals surface area contributed by atoms with Crippen LogP contribution in [0.1, 0.15) is 36.0 Å². The molecule has 2 aromatic carbocycles. The van der Waals surface area contributed by atoms with Crippen LogP contribution in [0.5, 0.6) is 5.75 Å². The second kappa shape index (κ2) is 10.6. The number of hydrogen-bond donors (Lipinski definition) is 0. The topological polar surface area (TPSA) is 55.8 Å². The van der Waals surface area contributed by atoms with Gasteiger partial charge in [-0.05, 0) is 61.9 Å². The second-order valence-corrected chi connectivity index (χ2v) is 9.00. The van der Waals surface area contributed by atoms with Gasteiger partial charge in [0.2, 0.25) is 10.0 Å². The molecule has 5 nitrogen and oxygen atoms in total. The molecule has 0 saturated heterocycles. The third-order valence-corrected chi connectivity index (χ3v) is 6.87. The molecule has 28 heavy (non-hydrogen) atoms. The molecule has 6 heteroatoms. The minimum Gasteiger partial charge on any atom is -0.497 e. The Hall–Kier alpha value is -1.89. The first-order chi connectivity index (χ1) is 13.4. The summed E-state index contributed by atoms with van der Waals surface area (Å²) in [6, 6.07) is 13.6. The van der Waals surface area contributed by atoms with E-state index in [2.05, 4.69) is 0 Å². The number of methoxy groups -OCH3 is 1. The third kappa shape index (κ3) is 6.06. The number of rotatable bonds is 11. The molecule has 0 aliphatic carbocycles. The van der Waals surface area contributed by atoms with Crippen LogP contribution in [0.25, 0.3) is 0 Å². The zero-order valence-corrected chi connectivity index (χ0v) is 18.1. The predicted octanol–water partition coefficient (Wildman–Crippen LogP) is 4.32. The first-order valence-corrected chi connectivity index (χ1v) is 11.0. The lowest BCUT2D eigenvalue weighted by Crippen LogP contribution is -2.29.